The molecule has 1 saturated heterocycles. The third-order valence-corrected chi connectivity index (χ3v) is 3.80. The maximum atomic E-state index is 12.4. The summed E-state index contributed by atoms with van der Waals surface area (Å²) in [6.45, 7) is 0.994. The molecule has 6 nitrogen and oxygen atoms in total. The number of carboxylic acid groups (broad SMARTS) is 1. The fourth-order valence-corrected chi connectivity index (χ4v) is 2.58. The SMILES string of the molecule is O=C(O)C1CCN(C(=O)c2ccc3nc[nH]c3c2)CC1. The van der Waals surface area contributed by atoms with Gasteiger partial charge in [-0.2, -0.15) is 0 Å². The number of carbonyl (C=O) groups is 2. The van der Waals surface area contributed by atoms with Crippen LogP contribution in [0.5, 0.6) is 0 Å². The fourth-order valence-electron chi connectivity index (χ4n) is 2.58. The molecule has 0 radical (unpaired) electrons. The average Bonchev–Trinajstić information content (AvgIpc) is 2.94. The Labute approximate surface area is 115 Å². The first-order valence-electron chi connectivity index (χ1n) is 6.60. The lowest BCUT2D eigenvalue weighted by atomic mass is 9.96. The number of carboxylic acids is 1. The molecule has 104 valence electrons. The Balaban J connectivity index is 1.74. The maximum absolute atomic E-state index is 12.4. The summed E-state index contributed by atoms with van der Waals surface area (Å²) in [6, 6.07) is 5.35. The van der Waals surface area contributed by atoms with Gasteiger partial charge in [-0.15, -0.1) is 0 Å². The van der Waals surface area contributed by atoms with Gasteiger partial charge in [0.25, 0.3) is 5.91 Å². The van der Waals surface area contributed by atoms with Gasteiger partial charge in [0, 0.05) is 18.7 Å². The average molecular weight is 273 g/mol. The number of amides is 1. The highest BCUT2D eigenvalue weighted by Crippen LogP contribution is 2.20. The van der Waals surface area contributed by atoms with Crippen molar-refractivity contribution < 1.29 is 14.7 Å². The normalized spacial score (nSPS) is 16.5. The maximum Gasteiger partial charge on any atom is 0.306 e. The third kappa shape index (κ3) is 2.24. The smallest absolute Gasteiger partial charge is 0.306 e. The summed E-state index contributed by atoms with van der Waals surface area (Å²) >= 11 is 0. The van der Waals surface area contributed by atoms with Gasteiger partial charge in [-0.3, -0.25) is 9.59 Å². The van der Waals surface area contributed by atoms with Crippen molar-refractivity contribution in [2.24, 2.45) is 5.92 Å². The number of H-pyrrole nitrogens is 1. The van der Waals surface area contributed by atoms with E-state index in [1.807, 2.05) is 6.07 Å². The van der Waals surface area contributed by atoms with Crippen LogP contribution in [0.1, 0.15) is 23.2 Å². The Morgan fingerprint density at radius 2 is 2.05 bits per heavy atom. The number of fused-ring (bicyclic) bond motifs is 1. The summed E-state index contributed by atoms with van der Waals surface area (Å²) in [5.41, 5.74) is 2.26. The Hall–Kier alpha value is -2.37. The number of nitrogens with one attached hydrogen (secondary N) is 1. The molecule has 0 unspecified atom stereocenters. The minimum Gasteiger partial charge on any atom is -0.481 e. The number of aliphatic carboxylic acids is 1. The van der Waals surface area contributed by atoms with Gasteiger partial charge >= 0.3 is 5.97 Å². The van der Waals surface area contributed by atoms with Gasteiger partial charge in [0.2, 0.25) is 0 Å². The molecule has 2 N–H and O–H groups in total. The van der Waals surface area contributed by atoms with Crippen LogP contribution in [-0.2, 0) is 4.79 Å². The molecule has 1 fully saturated rings. The molecule has 1 aliphatic rings. The van der Waals surface area contributed by atoms with Crippen molar-refractivity contribution in [3.8, 4) is 0 Å². The molecule has 2 aromatic rings. The number of carbonyl (C=O) groups excluding carboxylic acids is 1. The second kappa shape index (κ2) is 4.96. The number of likely N-dealkylation sites (tertiary alicyclic amines) is 1. The van der Waals surface area contributed by atoms with Crippen molar-refractivity contribution >= 4 is 22.9 Å². The highest BCUT2D eigenvalue weighted by Gasteiger charge is 2.27. The second-order valence-corrected chi connectivity index (χ2v) is 5.04. The lowest BCUT2D eigenvalue weighted by molar-refractivity contribution is -0.143. The topological polar surface area (TPSA) is 86.3 Å². The van der Waals surface area contributed by atoms with E-state index in [9.17, 15) is 9.59 Å². The fraction of sp³-hybridized carbons (Fsp3) is 0.357. The Bertz CT molecular complexity index is 656. The van der Waals surface area contributed by atoms with Gasteiger partial charge in [-0.25, -0.2) is 4.98 Å². The van der Waals surface area contributed by atoms with E-state index in [1.54, 1.807) is 23.4 Å². The summed E-state index contributed by atoms with van der Waals surface area (Å²) < 4.78 is 0. The first kappa shape index (κ1) is 12.7. The number of nitrogens with zero attached hydrogens (tertiary/aromatic N) is 2. The van der Waals surface area contributed by atoms with Crippen LogP contribution >= 0.6 is 0 Å². The van der Waals surface area contributed by atoms with Crippen LogP contribution in [0.2, 0.25) is 0 Å². The summed E-state index contributed by atoms with van der Waals surface area (Å²) in [6.07, 6.45) is 2.64. The first-order valence-corrected chi connectivity index (χ1v) is 6.60. The standard InChI is InChI=1S/C14H15N3O3/c18-13(17-5-3-9(4-6-17)14(19)20)10-1-2-11-12(7-10)16-8-15-11/h1-2,7-9H,3-6H2,(H,15,16)(H,19,20). The zero-order valence-electron chi connectivity index (χ0n) is 10.9. The van der Waals surface area contributed by atoms with Gasteiger partial charge in [0.1, 0.15) is 0 Å². The van der Waals surface area contributed by atoms with Crippen molar-refractivity contribution in [2.45, 2.75) is 12.8 Å². The first-order chi connectivity index (χ1) is 9.65. The number of hydrogen-bond acceptors (Lipinski definition) is 3. The Morgan fingerprint density at radius 1 is 1.30 bits per heavy atom. The summed E-state index contributed by atoms with van der Waals surface area (Å²) in [7, 11) is 0. The van der Waals surface area contributed by atoms with Crippen LogP contribution in [0.15, 0.2) is 24.5 Å². The van der Waals surface area contributed by atoms with E-state index < -0.39 is 5.97 Å². The molecule has 1 aromatic heterocycles. The molecular weight excluding hydrogens is 258 g/mol. The molecule has 0 atom stereocenters. The molecule has 0 spiro atoms. The minimum atomic E-state index is -0.768. The molecule has 20 heavy (non-hydrogen) atoms. The van der Waals surface area contributed by atoms with Gasteiger partial charge in [-0.1, -0.05) is 0 Å². The van der Waals surface area contributed by atoms with Gasteiger partial charge in [0.05, 0.1) is 23.3 Å². The highest BCUT2D eigenvalue weighted by molar-refractivity contribution is 5.97. The number of benzene rings is 1. The molecule has 3 rings (SSSR count). The van der Waals surface area contributed by atoms with Gasteiger partial charge < -0.3 is 15.0 Å². The van der Waals surface area contributed by atoms with E-state index in [0.29, 0.717) is 31.5 Å². The number of piperidine rings is 1. The third-order valence-electron chi connectivity index (χ3n) is 3.80. The second-order valence-electron chi connectivity index (χ2n) is 5.04. The Morgan fingerprint density at radius 3 is 2.75 bits per heavy atom. The van der Waals surface area contributed by atoms with Crippen LogP contribution in [0.3, 0.4) is 0 Å². The lowest BCUT2D eigenvalue weighted by Gasteiger charge is -2.30. The van der Waals surface area contributed by atoms with Gasteiger partial charge in [0.15, 0.2) is 0 Å². The molecule has 1 amide bonds. The van der Waals surface area contributed by atoms with E-state index in [-0.39, 0.29) is 11.8 Å². The molecular formula is C14H15N3O3. The van der Waals surface area contributed by atoms with Crippen LogP contribution < -0.4 is 0 Å². The molecule has 6 heteroatoms. The summed E-state index contributed by atoms with van der Waals surface area (Å²) in [5, 5.41) is 8.96. The molecule has 1 aliphatic heterocycles. The van der Waals surface area contributed by atoms with E-state index in [1.165, 1.54) is 0 Å². The minimum absolute atomic E-state index is 0.0506. The summed E-state index contributed by atoms with van der Waals surface area (Å²) in [5.74, 6) is -1.14. The molecule has 2 heterocycles. The van der Waals surface area contributed by atoms with Gasteiger partial charge in [-0.05, 0) is 31.0 Å². The van der Waals surface area contributed by atoms with Crippen LogP contribution in [-0.4, -0.2) is 44.9 Å². The van der Waals surface area contributed by atoms with Crippen LogP contribution in [0.25, 0.3) is 11.0 Å². The van der Waals surface area contributed by atoms with E-state index in [4.69, 9.17) is 5.11 Å². The highest BCUT2D eigenvalue weighted by atomic mass is 16.4. The molecule has 0 saturated carbocycles. The largest absolute Gasteiger partial charge is 0.481 e. The van der Waals surface area contributed by atoms with Crippen molar-refractivity contribution in [1.82, 2.24) is 14.9 Å². The van der Waals surface area contributed by atoms with Crippen molar-refractivity contribution in [2.75, 3.05) is 13.1 Å². The molecule has 1 aromatic carbocycles. The number of rotatable bonds is 2. The zero-order chi connectivity index (χ0) is 14.1. The number of aromatic nitrogens is 2. The number of imidazole rings is 1. The Kier molecular flexibility index (Phi) is 3.14. The summed E-state index contributed by atoms with van der Waals surface area (Å²) in [4.78, 5) is 32.1. The zero-order valence-corrected chi connectivity index (χ0v) is 10.9. The van der Waals surface area contributed by atoms with Crippen molar-refractivity contribution in [1.29, 1.82) is 0 Å². The van der Waals surface area contributed by atoms with E-state index in [0.717, 1.165) is 11.0 Å². The quantitative estimate of drug-likeness (QED) is 0.868. The van der Waals surface area contributed by atoms with Crippen molar-refractivity contribution in [3.63, 3.8) is 0 Å². The van der Waals surface area contributed by atoms with Crippen molar-refractivity contribution in [3.05, 3.63) is 30.1 Å². The molecule has 0 aliphatic carbocycles. The number of hydrogen-bond donors (Lipinski definition) is 2. The number of aromatic amines is 1. The molecule has 0 bridgehead atoms. The van der Waals surface area contributed by atoms with E-state index >= 15 is 0 Å². The predicted octanol–water partition coefficient (Wildman–Crippen LogP) is 1.50. The van der Waals surface area contributed by atoms with E-state index in [2.05, 4.69) is 9.97 Å². The van der Waals surface area contributed by atoms with Crippen LogP contribution in [0, 0.1) is 5.92 Å². The lowest BCUT2D eigenvalue weighted by Crippen LogP contribution is -2.40. The monoisotopic (exact) mass is 273 g/mol. The predicted molar refractivity (Wildman–Crippen MR) is 72.4 cm³/mol. The van der Waals surface area contributed by atoms with Crippen LogP contribution in [0.4, 0.5) is 0 Å².